The first kappa shape index (κ1) is 17.6. The molecule has 1 aromatic rings. The third kappa shape index (κ3) is 6.25. The maximum Gasteiger partial charge on any atom is 0.253 e. The van der Waals surface area contributed by atoms with Gasteiger partial charge in [-0.05, 0) is 37.1 Å². The average Bonchev–Trinajstić information content (AvgIpc) is 2.51. The summed E-state index contributed by atoms with van der Waals surface area (Å²) in [5.74, 6) is 0.0300. The van der Waals surface area contributed by atoms with Gasteiger partial charge in [0, 0.05) is 39.5 Å². The van der Waals surface area contributed by atoms with Gasteiger partial charge in [0.2, 0.25) is 0 Å². The summed E-state index contributed by atoms with van der Waals surface area (Å²) in [6, 6.07) is 7.65. The Balaban J connectivity index is 2.68. The summed E-state index contributed by atoms with van der Waals surface area (Å²) in [7, 11) is 3.30. The lowest BCUT2D eigenvalue weighted by molar-refractivity contribution is 0.0674. The monoisotopic (exact) mass is 294 g/mol. The number of hydrogen-bond donors (Lipinski definition) is 1. The van der Waals surface area contributed by atoms with Crippen LogP contribution in [0.2, 0.25) is 0 Å². The topological polar surface area (TPSA) is 64.8 Å². The molecule has 1 aromatic carbocycles. The normalized spacial score (nSPS) is 10.6. The van der Waals surface area contributed by atoms with Crippen molar-refractivity contribution in [1.82, 2.24) is 4.90 Å². The maximum atomic E-state index is 12.5. The van der Waals surface area contributed by atoms with E-state index in [0.717, 1.165) is 18.4 Å². The Bertz CT molecular complexity index is 406. The van der Waals surface area contributed by atoms with Crippen molar-refractivity contribution in [1.29, 1.82) is 0 Å². The van der Waals surface area contributed by atoms with Gasteiger partial charge < -0.3 is 20.1 Å². The van der Waals surface area contributed by atoms with Crippen molar-refractivity contribution in [3.8, 4) is 0 Å². The molecule has 0 unspecified atom stereocenters. The summed E-state index contributed by atoms with van der Waals surface area (Å²) >= 11 is 0. The lowest BCUT2D eigenvalue weighted by Gasteiger charge is -2.22. The summed E-state index contributed by atoms with van der Waals surface area (Å²) in [4.78, 5) is 14.3. The van der Waals surface area contributed by atoms with Gasteiger partial charge in [-0.25, -0.2) is 0 Å². The van der Waals surface area contributed by atoms with E-state index in [9.17, 15) is 4.79 Å². The van der Waals surface area contributed by atoms with E-state index in [2.05, 4.69) is 0 Å². The van der Waals surface area contributed by atoms with E-state index in [1.54, 1.807) is 19.1 Å². The van der Waals surface area contributed by atoms with Crippen LogP contribution >= 0.6 is 0 Å². The predicted molar refractivity (Wildman–Crippen MR) is 83.5 cm³/mol. The number of methoxy groups -OCH3 is 2. The molecule has 0 saturated heterocycles. The molecule has 5 nitrogen and oxygen atoms in total. The van der Waals surface area contributed by atoms with E-state index < -0.39 is 0 Å². The number of nitrogens with zero attached hydrogens (tertiary/aromatic N) is 1. The summed E-state index contributed by atoms with van der Waals surface area (Å²) in [5, 5.41) is 0. The van der Waals surface area contributed by atoms with Gasteiger partial charge in [-0.3, -0.25) is 4.79 Å². The molecule has 0 saturated carbocycles. The number of ether oxygens (including phenoxy) is 2. The highest BCUT2D eigenvalue weighted by molar-refractivity contribution is 5.94. The SMILES string of the molecule is COCCCN(CCOC)C(=O)c1ccc(CCN)cc1. The molecule has 5 heteroatoms. The first-order valence-corrected chi connectivity index (χ1v) is 7.29. The number of amides is 1. The highest BCUT2D eigenvalue weighted by Crippen LogP contribution is 2.09. The Hall–Kier alpha value is -1.43. The second kappa shape index (κ2) is 10.3. The fourth-order valence-electron chi connectivity index (χ4n) is 2.08. The predicted octanol–water partition coefficient (Wildman–Crippen LogP) is 1.31. The van der Waals surface area contributed by atoms with Crippen LogP contribution in [0.5, 0.6) is 0 Å². The molecule has 0 aliphatic rings. The number of hydrogen-bond acceptors (Lipinski definition) is 4. The molecule has 21 heavy (non-hydrogen) atoms. The molecule has 0 atom stereocenters. The Morgan fingerprint density at radius 3 is 2.33 bits per heavy atom. The van der Waals surface area contributed by atoms with Gasteiger partial charge in [-0.1, -0.05) is 12.1 Å². The number of benzene rings is 1. The lowest BCUT2D eigenvalue weighted by atomic mass is 10.1. The molecule has 0 aliphatic carbocycles. The summed E-state index contributed by atoms with van der Waals surface area (Å²) < 4.78 is 10.1. The zero-order chi connectivity index (χ0) is 15.5. The zero-order valence-electron chi connectivity index (χ0n) is 13.0. The fourth-order valence-corrected chi connectivity index (χ4v) is 2.08. The van der Waals surface area contributed by atoms with Crippen molar-refractivity contribution < 1.29 is 14.3 Å². The van der Waals surface area contributed by atoms with Gasteiger partial charge in [-0.15, -0.1) is 0 Å². The molecule has 0 fully saturated rings. The second-order valence-electron chi connectivity index (χ2n) is 4.87. The van der Waals surface area contributed by atoms with Crippen molar-refractivity contribution in [2.24, 2.45) is 5.73 Å². The van der Waals surface area contributed by atoms with Gasteiger partial charge in [-0.2, -0.15) is 0 Å². The molecular weight excluding hydrogens is 268 g/mol. The smallest absolute Gasteiger partial charge is 0.253 e. The minimum absolute atomic E-state index is 0.0300. The van der Waals surface area contributed by atoms with Crippen LogP contribution in [0.25, 0.3) is 0 Å². The maximum absolute atomic E-state index is 12.5. The van der Waals surface area contributed by atoms with Gasteiger partial charge in [0.25, 0.3) is 5.91 Å². The molecule has 0 aliphatic heterocycles. The van der Waals surface area contributed by atoms with Crippen molar-refractivity contribution in [3.63, 3.8) is 0 Å². The highest BCUT2D eigenvalue weighted by Gasteiger charge is 2.15. The molecule has 1 amide bonds. The van der Waals surface area contributed by atoms with E-state index >= 15 is 0 Å². The lowest BCUT2D eigenvalue weighted by Crippen LogP contribution is -2.35. The first-order valence-electron chi connectivity index (χ1n) is 7.29. The van der Waals surface area contributed by atoms with Crippen LogP contribution in [-0.4, -0.2) is 57.9 Å². The van der Waals surface area contributed by atoms with E-state index in [-0.39, 0.29) is 5.91 Å². The highest BCUT2D eigenvalue weighted by atomic mass is 16.5. The van der Waals surface area contributed by atoms with Crippen molar-refractivity contribution in [3.05, 3.63) is 35.4 Å². The van der Waals surface area contributed by atoms with Crippen LogP contribution in [0, 0.1) is 0 Å². The average molecular weight is 294 g/mol. The summed E-state index contributed by atoms with van der Waals surface area (Å²) in [5.41, 5.74) is 7.38. The van der Waals surface area contributed by atoms with Crippen molar-refractivity contribution in [2.75, 3.05) is 47.1 Å². The Morgan fingerprint density at radius 2 is 1.76 bits per heavy atom. The third-order valence-corrected chi connectivity index (χ3v) is 3.26. The minimum atomic E-state index is 0.0300. The Kier molecular flexibility index (Phi) is 8.66. The minimum Gasteiger partial charge on any atom is -0.385 e. The van der Waals surface area contributed by atoms with Gasteiger partial charge in [0.1, 0.15) is 0 Å². The van der Waals surface area contributed by atoms with Gasteiger partial charge in [0.15, 0.2) is 0 Å². The molecular formula is C16H26N2O3. The fraction of sp³-hybridized carbons (Fsp3) is 0.562. The second-order valence-corrected chi connectivity index (χ2v) is 4.87. The standard InChI is InChI=1S/C16H26N2O3/c1-20-12-3-10-18(11-13-21-2)16(19)15-6-4-14(5-7-15)8-9-17/h4-7H,3,8-13,17H2,1-2H3. The number of rotatable bonds is 10. The summed E-state index contributed by atoms with van der Waals surface area (Å²) in [6.45, 7) is 3.05. The Labute approximate surface area is 127 Å². The number of carbonyl (C=O) groups is 1. The van der Waals surface area contributed by atoms with Gasteiger partial charge in [0.05, 0.1) is 6.61 Å². The van der Waals surface area contributed by atoms with Gasteiger partial charge >= 0.3 is 0 Å². The van der Waals surface area contributed by atoms with Crippen LogP contribution in [0.4, 0.5) is 0 Å². The van der Waals surface area contributed by atoms with Crippen LogP contribution in [0.15, 0.2) is 24.3 Å². The van der Waals surface area contributed by atoms with Crippen molar-refractivity contribution in [2.45, 2.75) is 12.8 Å². The molecule has 0 heterocycles. The number of carbonyl (C=O) groups excluding carboxylic acids is 1. The van der Waals surface area contributed by atoms with E-state index in [0.29, 0.717) is 38.4 Å². The molecule has 0 radical (unpaired) electrons. The van der Waals surface area contributed by atoms with E-state index in [1.807, 2.05) is 24.3 Å². The summed E-state index contributed by atoms with van der Waals surface area (Å²) in [6.07, 6.45) is 1.65. The molecule has 0 spiro atoms. The molecule has 0 aromatic heterocycles. The largest absolute Gasteiger partial charge is 0.385 e. The molecule has 118 valence electrons. The van der Waals surface area contributed by atoms with E-state index in [1.165, 1.54) is 0 Å². The van der Waals surface area contributed by atoms with Crippen molar-refractivity contribution >= 4 is 5.91 Å². The van der Waals surface area contributed by atoms with Crippen LogP contribution in [0.3, 0.4) is 0 Å². The van der Waals surface area contributed by atoms with Crippen LogP contribution in [-0.2, 0) is 15.9 Å². The van der Waals surface area contributed by atoms with E-state index in [4.69, 9.17) is 15.2 Å². The van der Waals surface area contributed by atoms with Crippen LogP contribution in [0.1, 0.15) is 22.3 Å². The first-order chi connectivity index (χ1) is 10.2. The zero-order valence-corrected chi connectivity index (χ0v) is 13.0. The quantitative estimate of drug-likeness (QED) is 0.661. The third-order valence-electron chi connectivity index (χ3n) is 3.26. The molecule has 0 bridgehead atoms. The molecule has 2 N–H and O–H groups in total. The molecule has 1 rings (SSSR count). The van der Waals surface area contributed by atoms with Crippen LogP contribution < -0.4 is 5.73 Å². The Morgan fingerprint density at radius 1 is 1.10 bits per heavy atom. The number of nitrogens with two attached hydrogens (primary N) is 1.